The largest absolute Gasteiger partial charge is 0.481 e. The highest BCUT2D eigenvalue weighted by molar-refractivity contribution is 5.91. The van der Waals surface area contributed by atoms with Crippen LogP contribution in [0, 0.1) is 27.6 Å². The molecule has 0 amide bonds. The van der Waals surface area contributed by atoms with Gasteiger partial charge in [-0.15, -0.1) is 0 Å². The number of hydrogen-bond acceptors (Lipinski definition) is 12. The molecule has 1 atom stereocenters. The fourth-order valence-electron chi connectivity index (χ4n) is 9.40. The number of carbonyl (C=O) groups excluding carboxylic acids is 4. The van der Waals surface area contributed by atoms with E-state index in [2.05, 4.69) is 14.2 Å². The summed E-state index contributed by atoms with van der Waals surface area (Å²) in [5, 5.41) is 37.1. The first-order valence-corrected chi connectivity index (χ1v) is 22.5. The van der Waals surface area contributed by atoms with Crippen LogP contribution in [-0.2, 0) is 57.3 Å². The zero-order chi connectivity index (χ0) is 48.7. The topological polar surface area (TPSA) is 254 Å². The van der Waals surface area contributed by atoms with Crippen LogP contribution in [0.4, 0.5) is 0 Å². The molecule has 0 aromatic carbocycles. The van der Waals surface area contributed by atoms with Crippen molar-refractivity contribution in [2.45, 2.75) is 163 Å². The monoisotopic (exact) mass is 906 g/mol. The number of hydrogen-bond donors (Lipinski definition) is 4. The quantitative estimate of drug-likeness (QED) is 0.0605. The van der Waals surface area contributed by atoms with Gasteiger partial charge >= 0.3 is 47.8 Å². The van der Waals surface area contributed by atoms with Gasteiger partial charge in [-0.25, -0.2) is 14.4 Å². The summed E-state index contributed by atoms with van der Waals surface area (Å²) >= 11 is 0. The summed E-state index contributed by atoms with van der Waals surface area (Å²) in [4.78, 5) is 91.0. The molecule has 4 aliphatic rings. The molecule has 4 aliphatic carbocycles. The van der Waals surface area contributed by atoms with Crippen LogP contribution in [0.3, 0.4) is 0 Å². The van der Waals surface area contributed by atoms with E-state index in [1.54, 1.807) is 32.1 Å². The Morgan fingerprint density at radius 3 is 1.08 bits per heavy atom. The van der Waals surface area contributed by atoms with E-state index in [0.717, 1.165) is 51.4 Å². The van der Waals surface area contributed by atoms with Gasteiger partial charge in [0.1, 0.15) is 0 Å². The van der Waals surface area contributed by atoms with E-state index in [0.29, 0.717) is 87.3 Å². The lowest BCUT2D eigenvalue weighted by molar-refractivity contribution is -0.154. The molecule has 0 aromatic heterocycles. The zero-order valence-corrected chi connectivity index (χ0v) is 39.3. The van der Waals surface area contributed by atoms with Gasteiger partial charge in [-0.2, -0.15) is 0 Å². The Labute approximate surface area is 378 Å². The second kappa shape index (κ2) is 27.3. The average molecular weight is 907 g/mol. The Hall–Kier alpha value is -5.02. The van der Waals surface area contributed by atoms with Crippen molar-refractivity contribution in [2.75, 3.05) is 28.4 Å². The van der Waals surface area contributed by atoms with Crippen molar-refractivity contribution >= 4 is 47.8 Å². The maximum Gasteiger partial charge on any atom is 0.333 e. The molecule has 4 saturated carbocycles. The fourth-order valence-corrected chi connectivity index (χ4v) is 9.40. The highest BCUT2D eigenvalue weighted by atomic mass is 16.5. The van der Waals surface area contributed by atoms with E-state index in [-0.39, 0.29) is 24.7 Å². The summed E-state index contributed by atoms with van der Waals surface area (Å²) in [6, 6.07) is 0. The van der Waals surface area contributed by atoms with Crippen molar-refractivity contribution in [2.24, 2.45) is 27.6 Å². The second-order valence-electron chi connectivity index (χ2n) is 17.4. The van der Waals surface area contributed by atoms with Gasteiger partial charge in [-0.1, -0.05) is 83.4 Å². The summed E-state index contributed by atoms with van der Waals surface area (Å²) in [5.74, 6) is -5.01. The van der Waals surface area contributed by atoms with Gasteiger partial charge in [0.05, 0.1) is 56.0 Å². The number of ether oxygens (including phenoxy) is 4. The number of methoxy groups -OCH3 is 4. The second-order valence-corrected chi connectivity index (χ2v) is 17.4. The molecular weight excluding hydrogens is 833 g/mol. The predicted molar refractivity (Wildman–Crippen MR) is 236 cm³/mol. The van der Waals surface area contributed by atoms with Gasteiger partial charge in [-0.3, -0.25) is 24.0 Å². The number of rotatable bonds is 17. The predicted octanol–water partition coefficient (Wildman–Crippen LogP) is 8.64. The summed E-state index contributed by atoms with van der Waals surface area (Å²) in [6.45, 7) is 7.19. The highest BCUT2D eigenvalue weighted by Crippen LogP contribution is 2.46. The van der Waals surface area contributed by atoms with Crippen molar-refractivity contribution < 1.29 is 77.7 Å². The molecule has 0 aliphatic heterocycles. The summed E-state index contributed by atoms with van der Waals surface area (Å²) in [6.07, 6.45) is 19.6. The molecule has 16 heteroatoms. The third-order valence-corrected chi connectivity index (χ3v) is 13.6. The molecule has 0 heterocycles. The molecule has 4 fully saturated rings. The molecule has 16 nitrogen and oxygen atoms in total. The summed E-state index contributed by atoms with van der Waals surface area (Å²) in [5.41, 5.74) is -1.65. The van der Waals surface area contributed by atoms with E-state index in [1.807, 2.05) is 13.8 Å². The number of carboxylic acids is 4. The third-order valence-electron chi connectivity index (χ3n) is 13.6. The van der Waals surface area contributed by atoms with Gasteiger partial charge in [0, 0.05) is 16.7 Å². The minimum Gasteiger partial charge on any atom is -0.481 e. The lowest BCUT2D eigenvalue weighted by Gasteiger charge is -2.27. The summed E-state index contributed by atoms with van der Waals surface area (Å²) in [7, 11) is 5.29. The van der Waals surface area contributed by atoms with Crippen LogP contribution in [0.2, 0.25) is 0 Å². The van der Waals surface area contributed by atoms with Crippen LogP contribution in [0.5, 0.6) is 0 Å². The van der Waals surface area contributed by atoms with Gasteiger partial charge in [0.2, 0.25) is 0 Å². The minimum atomic E-state index is -0.848. The van der Waals surface area contributed by atoms with Crippen molar-refractivity contribution in [3.63, 3.8) is 0 Å². The van der Waals surface area contributed by atoms with E-state index in [1.165, 1.54) is 28.4 Å². The van der Waals surface area contributed by atoms with Crippen LogP contribution >= 0.6 is 0 Å². The Morgan fingerprint density at radius 2 is 0.812 bits per heavy atom. The number of allylic oxidation sites excluding steroid dienone is 2. The first kappa shape index (κ1) is 57.0. The Bertz CT molecular complexity index is 1630. The minimum absolute atomic E-state index is 0.279. The van der Waals surface area contributed by atoms with Crippen LogP contribution in [0.1, 0.15) is 163 Å². The highest BCUT2D eigenvalue weighted by Gasteiger charge is 2.45. The van der Waals surface area contributed by atoms with Crippen molar-refractivity contribution in [3.05, 3.63) is 34.9 Å². The standard InChI is InChI=1S/C12H20O4.3C12H18O4/c4*1-3-9(10(13)16-2)8-12(11(14)15)6-4-5-7-12/h9H,3-8H2,1-2H3,(H,14,15);8H,3-7H2,1-2H3,(H,14,15);2*3H,4-8H2,1-2H3,(H,14,15)/b;9-8+;9-3+;9-3-. The van der Waals surface area contributed by atoms with E-state index in [4.69, 9.17) is 4.74 Å². The zero-order valence-electron chi connectivity index (χ0n) is 39.3. The van der Waals surface area contributed by atoms with E-state index in [9.17, 15) is 58.8 Å². The number of carboxylic acid groups (broad SMARTS) is 4. The molecule has 0 radical (unpaired) electrons. The van der Waals surface area contributed by atoms with Gasteiger partial charge in [0.15, 0.2) is 0 Å². The molecule has 0 aromatic rings. The molecule has 0 spiro atoms. The number of carbonyl (C=O) groups is 8. The molecule has 362 valence electrons. The van der Waals surface area contributed by atoms with E-state index >= 15 is 0 Å². The smallest absolute Gasteiger partial charge is 0.333 e. The molecule has 4 N–H and O–H groups in total. The Kier molecular flexibility index (Phi) is 24.3. The lowest BCUT2D eigenvalue weighted by Crippen LogP contribution is -2.33. The molecule has 1 unspecified atom stereocenters. The van der Waals surface area contributed by atoms with Crippen molar-refractivity contribution in [1.29, 1.82) is 0 Å². The maximum absolute atomic E-state index is 11.5. The molecule has 0 bridgehead atoms. The fraction of sp³-hybridized carbons (Fsp3) is 0.708. The Morgan fingerprint density at radius 1 is 0.484 bits per heavy atom. The van der Waals surface area contributed by atoms with Crippen molar-refractivity contribution in [1.82, 2.24) is 0 Å². The average Bonchev–Trinajstić information content (AvgIpc) is 4.15. The first-order valence-electron chi connectivity index (χ1n) is 22.5. The normalized spacial score (nSPS) is 19.7. The van der Waals surface area contributed by atoms with E-state index < -0.39 is 63.4 Å². The first-order chi connectivity index (χ1) is 30.2. The molecule has 64 heavy (non-hydrogen) atoms. The summed E-state index contributed by atoms with van der Waals surface area (Å²) < 4.78 is 18.6. The van der Waals surface area contributed by atoms with Gasteiger partial charge in [0.25, 0.3) is 0 Å². The molecule has 4 rings (SSSR count). The van der Waals surface area contributed by atoms with Crippen LogP contribution in [0.15, 0.2) is 34.9 Å². The maximum atomic E-state index is 11.5. The molecule has 0 saturated heterocycles. The van der Waals surface area contributed by atoms with Crippen molar-refractivity contribution in [3.8, 4) is 0 Å². The van der Waals surface area contributed by atoms with Gasteiger partial charge in [-0.05, 0) is 97.3 Å². The number of aliphatic carboxylic acids is 4. The Balaban J connectivity index is 0.000000427. The number of esters is 4. The van der Waals surface area contributed by atoms with Crippen LogP contribution < -0.4 is 0 Å². The third kappa shape index (κ3) is 15.6. The van der Waals surface area contributed by atoms with Gasteiger partial charge < -0.3 is 39.4 Å². The van der Waals surface area contributed by atoms with Crippen LogP contribution in [-0.4, -0.2) is 96.6 Å². The molecular formula is C48H74O16. The van der Waals surface area contributed by atoms with Crippen LogP contribution in [0.25, 0.3) is 0 Å². The lowest BCUT2D eigenvalue weighted by atomic mass is 9.77. The SMILES string of the molecule is C/C=C(/CC1(C(=O)O)CCCC1)C(=O)OC.C/C=C(\CC1(C(=O)O)CCCC1)C(=O)OC.CC/C(=C\C1(C(=O)O)CCCC1)C(=O)OC.CCC(CC1(C(=O)O)CCCC1)C(=O)OC.